The first-order valence-corrected chi connectivity index (χ1v) is 13.5. The number of carbonyl (C=O) groups is 1. The highest BCUT2D eigenvalue weighted by atomic mass is 32.2. The summed E-state index contributed by atoms with van der Waals surface area (Å²) in [6.07, 6.45) is 3.11. The number of halogens is 1. The summed E-state index contributed by atoms with van der Waals surface area (Å²) in [5, 5.41) is -0.0651. The second-order valence-corrected chi connectivity index (χ2v) is 10.6. The van der Waals surface area contributed by atoms with Gasteiger partial charge in [-0.05, 0) is 42.7 Å². The molecule has 0 radical (unpaired) electrons. The first kappa shape index (κ1) is 26.0. The summed E-state index contributed by atoms with van der Waals surface area (Å²) in [6.45, 7) is 1.62. The number of hydrogen-bond donors (Lipinski definition) is 0. The number of methoxy groups -OCH3 is 1. The third-order valence-electron chi connectivity index (χ3n) is 6.08. The molecular weight excluding hydrogens is 485 g/mol. The number of sulfone groups is 1. The van der Waals surface area contributed by atoms with Crippen LogP contribution in [0.3, 0.4) is 0 Å². The van der Waals surface area contributed by atoms with Gasteiger partial charge in [0.05, 0.1) is 36.9 Å². The molecule has 1 aliphatic heterocycles. The van der Waals surface area contributed by atoms with E-state index in [0.29, 0.717) is 30.0 Å². The van der Waals surface area contributed by atoms with Crippen LogP contribution >= 0.6 is 0 Å². The van der Waals surface area contributed by atoms with Gasteiger partial charge in [-0.3, -0.25) is 4.79 Å². The third kappa shape index (κ3) is 6.37. The molecule has 0 saturated carbocycles. The van der Waals surface area contributed by atoms with Crippen molar-refractivity contribution < 1.29 is 27.1 Å². The summed E-state index contributed by atoms with van der Waals surface area (Å²) in [7, 11) is -2.22. The molecule has 192 valence electrons. The molecular formula is C26H30FN3O5S. The van der Waals surface area contributed by atoms with Crippen LogP contribution in [0.2, 0.25) is 0 Å². The summed E-state index contributed by atoms with van der Waals surface area (Å²) in [4.78, 5) is 19.3. The summed E-state index contributed by atoms with van der Waals surface area (Å²) in [5.74, 6) is -0.910. The maximum absolute atomic E-state index is 13.4. The fraction of sp³-hybridized carbons (Fsp3) is 0.385. The minimum atomic E-state index is -3.76. The van der Waals surface area contributed by atoms with E-state index in [9.17, 15) is 17.6 Å². The number of imidazole rings is 1. The molecule has 3 aromatic rings. The van der Waals surface area contributed by atoms with Crippen molar-refractivity contribution >= 4 is 15.7 Å². The first-order valence-electron chi connectivity index (χ1n) is 11.8. The van der Waals surface area contributed by atoms with E-state index < -0.39 is 15.7 Å². The Bertz CT molecular complexity index is 1260. The topological polar surface area (TPSA) is 90.7 Å². The molecule has 1 atom stereocenters. The Morgan fingerprint density at radius 1 is 1.19 bits per heavy atom. The van der Waals surface area contributed by atoms with Crippen LogP contribution in [0.5, 0.6) is 0 Å². The Morgan fingerprint density at radius 2 is 1.94 bits per heavy atom. The summed E-state index contributed by atoms with van der Waals surface area (Å²) < 4.78 is 52.6. The van der Waals surface area contributed by atoms with Crippen molar-refractivity contribution in [1.29, 1.82) is 0 Å². The SMILES string of the molecule is COCCn1c(CN(C[C@@H]2CCCO2)C(=O)c2ccc(F)cc2)cnc1S(=O)(=O)Cc1ccccc1. The number of nitrogens with zero attached hydrogens (tertiary/aromatic N) is 3. The van der Waals surface area contributed by atoms with Crippen molar-refractivity contribution in [1.82, 2.24) is 14.5 Å². The zero-order valence-corrected chi connectivity index (χ0v) is 21.0. The van der Waals surface area contributed by atoms with Gasteiger partial charge in [0, 0.05) is 32.4 Å². The van der Waals surface area contributed by atoms with Crippen LogP contribution in [0, 0.1) is 5.82 Å². The van der Waals surface area contributed by atoms with Gasteiger partial charge in [0.15, 0.2) is 0 Å². The van der Waals surface area contributed by atoms with Crippen molar-refractivity contribution in [3.8, 4) is 0 Å². The van der Waals surface area contributed by atoms with Crippen LogP contribution in [0.1, 0.15) is 34.5 Å². The normalized spacial score (nSPS) is 15.8. The molecule has 2 heterocycles. The molecule has 0 bridgehead atoms. The molecule has 8 nitrogen and oxygen atoms in total. The van der Waals surface area contributed by atoms with Crippen molar-refractivity contribution in [2.45, 2.75) is 42.9 Å². The lowest BCUT2D eigenvalue weighted by atomic mass is 10.1. The first-order chi connectivity index (χ1) is 17.4. The van der Waals surface area contributed by atoms with E-state index in [2.05, 4.69) is 4.98 Å². The number of aromatic nitrogens is 2. The predicted octanol–water partition coefficient (Wildman–Crippen LogP) is 3.46. The standard InChI is InChI=1S/C26H30FN3O5S/c1-34-15-13-30-23(16-28-26(30)36(32,33)19-20-6-3-2-4-7-20)17-29(18-24-8-5-14-35-24)25(31)21-9-11-22(27)12-10-21/h2-4,6-7,9-12,16,24H,5,8,13-15,17-19H2,1H3/t24-/m0/s1. The van der Waals surface area contributed by atoms with Crippen LogP contribution in [0.4, 0.5) is 4.39 Å². The van der Waals surface area contributed by atoms with Crippen LogP contribution in [0.15, 0.2) is 66.0 Å². The molecule has 1 saturated heterocycles. The highest BCUT2D eigenvalue weighted by molar-refractivity contribution is 7.90. The molecule has 0 aliphatic carbocycles. The van der Waals surface area contributed by atoms with Crippen molar-refractivity contribution in [3.05, 3.63) is 83.4 Å². The molecule has 0 spiro atoms. The number of carbonyl (C=O) groups excluding carboxylic acids is 1. The third-order valence-corrected chi connectivity index (χ3v) is 7.67. The Kier molecular flexibility index (Phi) is 8.50. The van der Waals surface area contributed by atoms with Crippen LogP contribution in [-0.4, -0.2) is 61.7 Å². The predicted molar refractivity (Wildman–Crippen MR) is 132 cm³/mol. The fourth-order valence-corrected chi connectivity index (χ4v) is 5.79. The molecule has 1 fully saturated rings. The van der Waals surface area contributed by atoms with Crippen LogP contribution < -0.4 is 0 Å². The number of ether oxygens (including phenoxy) is 2. The number of hydrogen-bond acceptors (Lipinski definition) is 6. The van der Waals surface area contributed by atoms with Crippen molar-refractivity contribution in [3.63, 3.8) is 0 Å². The lowest BCUT2D eigenvalue weighted by Gasteiger charge is -2.26. The van der Waals surface area contributed by atoms with Gasteiger partial charge < -0.3 is 18.9 Å². The van der Waals surface area contributed by atoms with E-state index in [1.54, 1.807) is 33.7 Å². The Labute approximate surface area is 210 Å². The van der Waals surface area contributed by atoms with E-state index in [0.717, 1.165) is 12.8 Å². The van der Waals surface area contributed by atoms with Crippen molar-refractivity contribution in [2.75, 3.05) is 26.9 Å². The quantitative estimate of drug-likeness (QED) is 0.389. The lowest BCUT2D eigenvalue weighted by Crippen LogP contribution is -2.37. The van der Waals surface area contributed by atoms with Gasteiger partial charge in [0.2, 0.25) is 15.0 Å². The molecule has 2 aromatic carbocycles. The van der Waals surface area contributed by atoms with Crippen LogP contribution in [0.25, 0.3) is 0 Å². The minimum Gasteiger partial charge on any atom is -0.383 e. The minimum absolute atomic E-state index is 0.0651. The largest absolute Gasteiger partial charge is 0.383 e. The number of rotatable bonds is 11. The van der Waals surface area contributed by atoms with Crippen LogP contribution in [-0.2, 0) is 38.2 Å². The zero-order valence-electron chi connectivity index (χ0n) is 20.2. The lowest BCUT2D eigenvalue weighted by molar-refractivity contribution is 0.0500. The molecule has 0 N–H and O–H groups in total. The van der Waals surface area contributed by atoms with Gasteiger partial charge in [-0.1, -0.05) is 30.3 Å². The molecule has 1 amide bonds. The molecule has 1 aliphatic rings. The molecule has 10 heteroatoms. The van der Waals surface area contributed by atoms with Gasteiger partial charge in [0.1, 0.15) is 5.82 Å². The Balaban J connectivity index is 1.64. The average Bonchev–Trinajstić information content (AvgIpc) is 3.53. The van der Waals surface area contributed by atoms with E-state index in [1.807, 2.05) is 6.07 Å². The fourth-order valence-electron chi connectivity index (χ4n) is 4.27. The molecule has 1 aromatic heterocycles. The van der Waals surface area contributed by atoms with E-state index in [4.69, 9.17) is 9.47 Å². The summed E-state index contributed by atoms with van der Waals surface area (Å²) in [6, 6.07) is 14.3. The van der Waals surface area contributed by atoms with E-state index in [1.165, 1.54) is 37.6 Å². The zero-order chi connectivity index (χ0) is 25.5. The Hall–Kier alpha value is -3.08. The monoisotopic (exact) mass is 515 g/mol. The van der Waals surface area contributed by atoms with Gasteiger partial charge in [0.25, 0.3) is 5.91 Å². The van der Waals surface area contributed by atoms with Gasteiger partial charge in [-0.2, -0.15) is 0 Å². The number of benzene rings is 2. The maximum Gasteiger partial charge on any atom is 0.254 e. The highest BCUT2D eigenvalue weighted by Crippen LogP contribution is 2.21. The highest BCUT2D eigenvalue weighted by Gasteiger charge is 2.28. The van der Waals surface area contributed by atoms with E-state index in [-0.39, 0.29) is 42.6 Å². The Morgan fingerprint density at radius 3 is 2.61 bits per heavy atom. The number of amides is 1. The van der Waals surface area contributed by atoms with E-state index >= 15 is 0 Å². The molecule has 36 heavy (non-hydrogen) atoms. The molecule has 4 rings (SSSR count). The van der Waals surface area contributed by atoms with Gasteiger partial charge in [-0.15, -0.1) is 0 Å². The average molecular weight is 516 g/mol. The second-order valence-electron chi connectivity index (χ2n) is 8.75. The second kappa shape index (κ2) is 11.8. The van der Waals surface area contributed by atoms with Gasteiger partial charge in [-0.25, -0.2) is 17.8 Å². The van der Waals surface area contributed by atoms with Gasteiger partial charge >= 0.3 is 0 Å². The summed E-state index contributed by atoms with van der Waals surface area (Å²) in [5.41, 5.74) is 1.56. The van der Waals surface area contributed by atoms with Crippen molar-refractivity contribution in [2.24, 2.45) is 0 Å². The molecule has 0 unspecified atom stereocenters. The smallest absolute Gasteiger partial charge is 0.254 e. The maximum atomic E-state index is 13.4. The summed E-state index contributed by atoms with van der Waals surface area (Å²) >= 11 is 0.